The highest BCUT2D eigenvalue weighted by Gasteiger charge is 2.21. The standard InChI is InChI=1S/C15H21NO3/c16-13(8-11-4-7-17-10-11)12-2-3-14-15(9-12)19-6-1-5-18-14/h2-3,9,11,13H,1,4-8,10,16H2. The maximum absolute atomic E-state index is 6.30. The van der Waals surface area contributed by atoms with Gasteiger partial charge in [-0.25, -0.2) is 0 Å². The molecule has 2 aliphatic heterocycles. The van der Waals surface area contributed by atoms with E-state index in [1.54, 1.807) is 0 Å². The highest BCUT2D eigenvalue weighted by atomic mass is 16.5. The number of fused-ring (bicyclic) bond motifs is 1. The summed E-state index contributed by atoms with van der Waals surface area (Å²) in [7, 11) is 0. The van der Waals surface area contributed by atoms with Gasteiger partial charge in [0.2, 0.25) is 0 Å². The Morgan fingerprint density at radius 3 is 2.79 bits per heavy atom. The summed E-state index contributed by atoms with van der Waals surface area (Å²) in [5.74, 6) is 2.25. The van der Waals surface area contributed by atoms with E-state index in [-0.39, 0.29) is 6.04 Å². The largest absolute Gasteiger partial charge is 0.490 e. The molecule has 0 bridgehead atoms. The summed E-state index contributed by atoms with van der Waals surface area (Å²) in [6, 6.07) is 6.10. The summed E-state index contributed by atoms with van der Waals surface area (Å²) in [5.41, 5.74) is 7.42. The number of nitrogens with two attached hydrogens (primary N) is 1. The van der Waals surface area contributed by atoms with Crippen LogP contribution in [-0.4, -0.2) is 26.4 Å². The van der Waals surface area contributed by atoms with E-state index >= 15 is 0 Å². The van der Waals surface area contributed by atoms with Gasteiger partial charge in [-0.05, 0) is 36.5 Å². The van der Waals surface area contributed by atoms with Crippen molar-refractivity contribution in [3.05, 3.63) is 23.8 Å². The Morgan fingerprint density at radius 2 is 2.00 bits per heavy atom. The van der Waals surface area contributed by atoms with Gasteiger partial charge >= 0.3 is 0 Å². The summed E-state index contributed by atoms with van der Waals surface area (Å²) < 4.78 is 16.7. The van der Waals surface area contributed by atoms with Crippen molar-refractivity contribution in [2.45, 2.75) is 25.3 Å². The average Bonchev–Trinajstić information content (AvgIpc) is 2.81. The molecule has 104 valence electrons. The molecule has 2 N–H and O–H groups in total. The Hall–Kier alpha value is -1.26. The zero-order valence-electron chi connectivity index (χ0n) is 11.1. The van der Waals surface area contributed by atoms with Crippen molar-refractivity contribution < 1.29 is 14.2 Å². The first-order valence-electron chi connectivity index (χ1n) is 7.06. The van der Waals surface area contributed by atoms with Crippen molar-refractivity contribution in [2.75, 3.05) is 26.4 Å². The van der Waals surface area contributed by atoms with E-state index in [0.29, 0.717) is 12.5 Å². The molecule has 1 aromatic rings. The Kier molecular flexibility index (Phi) is 3.89. The molecule has 2 aliphatic rings. The van der Waals surface area contributed by atoms with Crippen LogP contribution in [0.1, 0.15) is 30.9 Å². The van der Waals surface area contributed by atoms with Crippen LogP contribution in [-0.2, 0) is 4.74 Å². The van der Waals surface area contributed by atoms with Crippen LogP contribution in [0, 0.1) is 5.92 Å². The number of hydrogen-bond donors (Lipinski definition) is 1. The maximum Gasteiger partial charge on any atom is 0.161 e. The topological polar surface area (TPSA) is 53.7 Å². The van der Waals surface area contributed by atoms with Crippen molar-refractivity contribution in [1.82, 2.24) is 0 Å². The molecular formula is C15H21NO3. The summed E-state index contributed by atoms with van der Waals surface area (Å²) >= 11 is 0. The molecule has 0 spiro atoms. The van der Waals surface area contributed by atoms with E-state index in [0.717, 1.165) is 56.1 Å². The van der Waals surface area contributed by atoms with Gasteiger partial charge in [-0.3, -0.25) is 0 Å². The lowest BCUT2D eigenvalue weighted by Crippen LogP contribution is -2.15. The second-order valence-corrected chi connectivity index (χ2v) is 5.33. The first kappa shape index (κ1) is 12.8. The van der Waals surface area contributed by atoms with Crippen LogP contribution in [0.2, 0.25) is 0 Å². The van der Waals surface area contributed by atoms with E-state index in [1.807, 2.05) is 18.2 Å². The molecule has 19 heavy (non-hydrogen) atoms. The summed E-state index contributed by atoms with van der Waals surface area (Å²) in [4.78, 5) is 0. The van der Waals surface area contributed by atoms with Crippen LogP contribution in [0.25, 0.3) is 0 Å². The normalized spacial score (nSPS) is 23.9. The summed E-state index contributed by atoms with van der Waals surface area (Å²) in [6.45, 7) is 3.15. The van der Waals surface area contributed by atoms with E-state index in [1.165, 1.54) is 0 Å². The first-order chi connectivity index (χ1) is 9.33. The number of ether oxygens (including phenoxy) is 3. The van der Waals surface area contributed by atoms with Gasteiger partial charge in [-0.2, -0.15) is 0 Å². The molecule has 2 unspecified atom stereocenters. The second kappa shape index (κ2) is 5.80. The maximum atomic E-state index is 6.30. The number of benzene rings is 1. The third-order valence-electron chi connectivity index (χ3n) is 3.81. The molecule has 1 aromatic carbocycles. The lowest BCUT2D eigenvalue weighted by Gasteiger charge is -2.17. The van der Waals surface area contributed by atoms with Crippen molar-refractivity contribution in [1.29, 1.82) is 0 Å². The predicted octanol–water partition coefficient (Wildman–Crippen LogP) is 2.27. The number of hydrogen-bond acceptors (Lipinski definition) is 4. The van der Waals surface area contributed by atoms with Gasteiger partial charge in [-0.15, -0.1) is 0 Å². The summed E-state index contributed by atoms with van der Waals surface area (Å²) in [6.07, 6.45) is 3.02. The van der Waals surface area contributed by atoms with E-state index in [4.69, 9.17) is 19.9 Å². The van der Waals surface area contributed by atoms with Gasteiger partial charge in [-0.1, -0.05) is 6.07 Å². The molecule has 0 aromatic heterocycles. The van der Waals surface area contributed by atoms with E-state index < -0.39 is 0 Å². The zero-order chi connectivity index (χ0) is 13.1. The SMILES string of the molecule is NC(CC1CCOC1)c1ccc2c(c1)OCCCO2. The minimum atomic E-state index is 0.0452. The van der Waals surface area contributed by atoms with Crippen LogP contribution in [0.3, 0.4) is 0 Å². The predicted molar refractivity (Wildman–Crippen MR) is 72.5 cm³/mol. The third kappa shape index (κ3) is 3.01. The highest BCUT2D eigenvalue weighted by molar-refractivity contribution is 5.44. The second-order valence-electron chi connectivity index (χ2n) is 5.33. The smallest absolute Gasteiger partial charge is 0.161 e. The van der Waals surface area contributed by atoms with Gasteiger partial charge in [0.15, 0.2) is 11.5 Å². The number of rotatable bonds is 3. The molecule has 3 rings (SSSR count). The van der Waals surface area contributed by atoms with Crippen LogP contribution in [0.4, 0.5) is 0 Å². The fourth-order valence-electron chi connectivity index (χ4n) is 2.67. The van der Waals surface area contributed by atoms with Crippen LogP contribution < -0.4 is 15.2 Å². The monoisotopic (exact) mass is 263 g/mol. The van der Waals surface area contributed by atoms with Crippen molar-refractivity contribution >= 4 is 0 Å². The minimum absolute atomic E-state index is 0.0452. The molecule has 4 nitrogen and oxygen atoms in total. The van der Waals surface area contributed by atoms with Gasteiger partial charge in [0, 0.05) is 25.7 Å². The molecule has 4 heteroatoms. The highest BCUT2D eigenvalue weighted by Crippen LogP contribution is 2.33. The lowest BCUT2D eigenvalue weighted by atomic mass is 9.94. The summed E-state index contributed by atoms with van der Waals surface area (Å²) in [5, 5.41) is 0. The Morgan fingerprint density at radius 1 is 1.16 bits per heavy atom. The molecule has 1 fully saturated rings. The van der Waals surface area contributed by atoms with Crippen molar-refractivity contribution in [2.24, 2.45) is 11.7 Å². The van der Waals surface area contributed by atoms with Crippen molar-refractivity contribution in [3.63, 3.8) is 0 Å². The van der Waals surface area contributed by atoms with Crippen molar-refractivity contribution in [3.8, 4) is 11.5 Å². The van der Waals surface area contributed by atoms with Crippen LogP contribution in [0.5, 0.6) is 11.5 Å². The molecule has 0 amide bonds. The van der Waals surface area contributed by atoms with Crippen LogP contribution in [0.15, 0.2) is 18.2 Å². The fraction of sp³-hybridized carbons (Fsp3) is 0.600. The van der Waals surface area contributed by atoms with E-state index in [2.05, 4.69) is 0 Å². The Balaban J connectivity index is 1.71. The van der Waals surface area contributed by atoms with Crippen LogP contribution >= 0.6 is 0 Å². The molecule has 0 aliphatic carbocycles. The Bertz CT molecular complexity index is 429. The van der Waals surface area contributed by atoms with Gasteiger partial charge < -0.3 is 19.9 Å². The average molecular weight is 263 g/mol. The quantitative estimate of drug-likeness (QED) is 0.909. The third-order valence-corrected chi connectivity index (χ3v) is 3.81. The molecule has 2 heterocycles. The van der Waals surface area contributed by atoms with E-state index in [9.17, 15) is 0 Å². The first-order valence-corrected chi connectivity index (χ1v) is 7.06. The molecule has 2 atom stereocenters. The molecule has 0 radical (unpaired) electrons. The van der Waals surface area contributed by atoms with Gasteiger partial charge in [0.05, 0.1) is 13.2 Å². The van der Waals surface area contributed by atoms with Gasteiger partial charge in [0.1, 0.15) is 0 Å². The molecule has 0 saturated carbocycles. The lowest BCUT2D eigenvalue weighted by molar-refractivity contribution is 0.182. The molecule has 1 saturated heterocycles. The Labute approximate surface area is 113 Å². The van der Waals surface area contributed by atoms with Gasteiger partial charge in [0.25, 0.3) is 0 Å². The fourth-order valence-corrected chi connectivity index (χ4v) is 2.67. The molecular weight excluding hydrogens is 242 g/mol. The zero-order valence-corrected chi connectivity index (χ0v) is 11.1. The minimum Gasteiger partial charge on any atom is -0.490 e.